The second-order valence-electron chi connectivity index (χ2n) is 3.68. The van der Waals surface area contributed by atoms with Gasteiger partial charge in [0.25, 0.3) is 0 Å². The molecule has 0 unspecified atom stereocenters. The number of carbonyl (C=O) groups excluding carboxylic acids is 2. The van der Waals surface area contributed by atoms with Crippen LogP contribution in [0.2, 0.25) is 0 Å². The lowest BCUT2D eigenvalue weighted by Gasteiger charge is -2.02. The van der Waals surface area contributed by atoms with Crippen molar-refractivity contribution < 1.29 is 14.0 Å². The Bertz CT molecular complexity index is 578. The average Bonchev–Trinajstić information content (AvgIpc) is 3.09. The fraction of sp³-hybridized carbons (Fsp3) is 0.167. The zero-order valence-electron chi connectivity index (χ0n) is 10.4. The van der Waals surface area contributed by atoms with Crippen molar-refractivity contribution >= 4 is 34.4 Å². The highest BCUT2D eigenvalue weighted by atomic mass is 32.1. The average molecular weight is 292 g/mol. The number of aromatic nitrogens is 2. The first-order valence-corrected chi connectivity index (χ1v) is 6.67. The minimum absolute atomic E-state index is 0.167. The zero-order valence-corrected chi connectivity index (χ0v) is 11.2. The third-order valence-corrected chi connectivity index (χ3v) is 2.81. The number of rotatable bonds is 6. The first-order chi connectivity index (χ1) is 9.74. The van der Waals surface area contributed by atoms with E-state index in [2.05, 4.69) is 20.8 Å². The summed E-state index contributed by atoms with van der Waals surface area (Å²) in [6.45, 7) is 0.242. The van der Waals surface area contributed by atoms with Crippen LogP contribution in [0.25, 0.3) is 6.08 Å². The Balaban J connectivity index is 1.65. The Hall–Kier alpha value is -2.48. The largest absolute Gasteiger partial charge is 0.465 e. The summed E-state index contributed by atoms with van der Waals surface area (Å²) >= 11 is 1.23. The minimum Gasteiger partial charge on any atom is -0.465 e. The highest BCUT2D eigenvalue weighted by Gasteiger charge is 2.05. The van der Waals surface area contributed by atoms with Gasteiger partial charge in [-0.2, -0.15) is 0 Å². The van der Waals surface area contributed by atoms with E-state index in [0.29, 0.717) is 10.9 Å². The summed E-state index contributed by atoms with van der Waals surface area (Å²) in [6.07, 6.45) is 4.59. The minimum atomic E-state index is -0.287. The van der Waals surface area contributed by atoms with Gasteiger partial charge in [0, 0.05) is 19.0 Å². The van der Waals surface area contributed by atoms with Gasteiger partial charge >= 0.3 is 0 Å². The molecule has 0 saturated heterocycles. The summed E-state index contributed by atoms with van der Waals surface area (Å²) in [5.74, 6) is 0.0799. The van der Waals surface area contributed by atoms with Crippen LogP contribution in [0, 0.1) is 0 Å². The highest BCUT2D eigenvalue weighted by molar-refractivity contribution is 7.13. The van der Waals surface area contributed by atoms with Crippen LogP contribution < -0.4 is 10.6 Å². The quantitative estimate of drug-likeness (QED) is 0.782. The maximum Gasteiger partial charge on any atom is 0.244 e. The number of hydrogen-bond acceptors (Lipinski definition) is 6. The molecule has 2 heterocycles. The van der Waals surface area contributed by atoms with E-state index in [-0.39, 0.29) is 24.8 Å². The third kappa shape index (κ3) is 4.65. The maximum atomic E-state index is 11.5. The molecule has 0 atom stereocenters. The number of nitrogens with zero attached hydrogens (tertiary/aromatic N) is 2. The SMILES string of the molecule is O=C(/C=C/c1ccco1)NCCC(=O)Nc1nncs1. The van der Waals surface area contributed by atoms with Crippen LogP contribution in [0.1, 0.15) is 12.2 Å². The molecule has 0 fully saturated rings. The van der Waals surface area contributed by atoms with Gasteiger partial charge in [0.2, 0.25) is 16.9 Å². The van der Waals surface area contributed by atoms with E-state index in [1.807, 2.05) is 0 Å². The van der Waals surface area contributed by atoms with Gasteiger partial charge in [-0.25, -0.2) is 0 Å². The van der Waals surface area contributed by atoms with E-state index in [1.165, 1.54) is 29.2 Å². The molecule has 0 aliphatic heterocycles. The van der Waals surface area contributed by atoms with E-state index in [0.717, 1.165) is 0 Å². The standard InChI is InChI=1S/C12H12N4O3S/c17-10(4-3-9-2-1-7-19-9)13-6-5-11(18)15-12-16-14-8-20-12/h1-4,7-8H,5-6H2,(H,13,17)(H,15,16,18)/b4-3+. The van der Waals surface area contributed by atoms with Crippen LogP contribution in [0.4, 0.5) is 5.13 Å². The van der Waals surface area contributed by atoms with Gasteiger partial charge in [-0.1, -0.05) is 11.3 Å². The summed E-state index contributed by atoms with van der Waals surface area (Å²) in [5, 5.41) is 12.9. The van der Waals surface area contributed by atoms with Gasteiger partial charge in [-0.15, -0.1) is 10.2 Å². The van der Waals surface area contributed by atoms with Crippen LogP contribution in [0.15, 0.2) is 34.4 Å². The molecule has 2 aromatic rings. The molecule has 2 amide bonds. The first-order valence-electron chi connectivity index (χ1n) is 5.79. The van der Waals surface area contributed by atoms with E-state index in [9.17, 15) is 9.59 Å². The smallest absolute Gasteiger partial charge is 0.244 e. The molecule has 0 aromatic carbocycles. The van der Waals surface area contributed by atoms with Gasteiger partial charge in [-0.05, 0) is 18.2 Å². The van der Waals surface area contributed by atoms with Crippen LogP contribution in [0.5, 0.6) is 0 Å². The maximum absolute atomic E-state index is 11.5. The number of hydrogen-bond donors (Lipinski definition) is 2. The predicted octanol–water partition coefficient (Wildman–Crippen LogP) is 1.29. The topological polar surface area (TPSA) is 97.1 Å². The normalized spacial score (nSPS) is 10.6. The molecule has 0 radical (unpaired) electrons. The Morgan fingerprint density at radius 1 is 1.45 bits per heavy atom. The molecule has 2 N–H and O–H groups in total. The molecule has 0 bridgehead atoms. The Labute approximate surface area is 118 Å². The third-order valence-electron chi connectivity index (χ3n) is 2.20. The van der Waals surface area contributed by atoms with Gasteiger partial charge in [0.15, 0.2) is 0 Å². The number of anilines is 1. The Morgan fingerprint density at radius 3 is 3.05 bits per heavy atom. The van der Waals surface area contributed by atoms with Gasteiger partial charge < -0.3 is 15.1 Å². The van der Waals surface area contributed by atoms with Crippen LogP contribution >= 0.6 is 11.3 Å². The van der Waals surface area contributed by atoms with Crippen molar-refractivity contribution in [2.75, 3.05) is 11.9 Å². The second kappa shape index (κ2) is 7.19. The molecule has 2 aromatic heterocycles. The summed E-state index contributed by atoms with van der Waals surface area (Å²) in [7, 11) is 0. The second-order valence-corrected chi connectivity index (χ2v) is 4.52. The van der Waals surface area contributed by atoms with Crippen molar-refractivity contribution in [2.45, 2.75) is 6.42 Å². The number of furan rings is 1. The molecule has 0 aliphatic carbocycles. The molecule has 8 heteroatoms. The van der Waals surface area contributed by atoms with Crippen molar-refractivity contribution in [1.82, 2.24) is 15.5 Å². The van der Waals surface area contributed by atoms with E-state index >= 15 is 0 Å². The van der Waals surface area contributed by atoms with Crippen LogP contribution in [-0.2, 0) is 9.59 Å². The number of amides is 2. The lowest BCUT2D eigenvalue weighted by molar-refractivity contribution is -0.117. The van der Waals surface area contributed by atoms with Crippen LogP contribution in [-0.4, -0.2) is 28.6 Å². The highest BCUT2D eigenvalue weighted by Crippen LogP contribution is 2.07. The Kier molecular flexibility index (Phi) is 5.01. The summed E-state index contributed by atoms with van der Waals surface area (Å²) in [4.78, 5) is 22.9. The lowest BCUT2D eigenvalue weighted by atomic mass is 10.3. The molecule has 20 heavy (non-hydrogen) atoms. The molecule has 0 saturated carbocycles. The summed E-state index contributed by atoms with van der Waals surface area (Å²) in [5.41, 5.74) is 1.52. The number of nitrogens with one attached hydrogen (secondary N) is 2. The molecule has 0 aliphatic rings. The van der Waals surface area contributed by atoms with Crippen molar-refractivity contribution in [2.24, 2.45) is 0 Å². The molecular formula is C12H12N4O3S. The van der Waals surface area contributed by atoms with Crippen LogP contribution in [0.3, 0.4) is 0 Å². The summed E-state index contributed by atoms with van der Waals surface area (Å²) < 4.78 is 5.04. The number of carbonyl (C=O) groups is 2. The fourth-order valence-electron chi connectivity index (χ4n) is 1.31. The van der Waals surface area contributed by atoms with E-state index in [1.54, 1.807) is 18.2 Å². The van der Waals surface area contributed by atoms with Crippen molar-refractivity contribution in [3.63, 3.8) is 0 Å². The molecule has 7 nitrogen and oxygen atoms in total. The zero-order chi connectivity index (χ0) is 14.2. The lowest BCUT2D eigenvalue weighted by Crippen LogP contribution is -2.26. The molecule has 0 spiro atoms. The Morgan fingerprint density at radius 2 is 2.35 bits per heavy atom. The summed E-state index contributed by atoms with van der Waals surface area (Å²) in [6, 6.07) is 3.47. The van der Waals surface area contributed by atoms with Gasteiger partial charge in [-0.3, -0.25) is 9.59 Å². The predicted molar refractivity (Wildman–Crippen MR) is 73.9 cm³/mol. The van der Waals surface area contributed by atoms with E-state index < -0.39 is 0 Å². The van der Waals surface area contributed by atoms with Gasteiger partial charge in [0.05, 0.1) is 6.26 Å². The van der Waals surface area contributed by atoms with Crippen molar-refractivity contribution in [3.05, 3.63) is 35.7 Å². The molecule has 104 valence electrons. The monoisotopic (exact) mass is 292 g/mol. The van der Waals surface area contributed by atoms with Gasteiger partial charge in [0.1, 0.15) is 11.3 Å². The fourth-order valence-corrected chi connectivity index (χ4v) is 1.77. The molecular weight excluding hydrogens is 280 g/mol. The van der Waals surface area contributed by atoms with E-state index in [4.69, 9.17) is 4.42 Å². The molecule has 2 rings (SSSR count). The first kappa shape index (κ1) is 13.9. The van der Waals surface area contributed by atoms with Crippen molar-refractivity contribution in [1.29, 1.82) is 0 Å². The van der Waals surface area contributed by atoms with Crippen molar-refractivity contribution in [3.8, 4) is 0 Å².